The van der Waals surface area contributed by atoms with Gasteiger partial charge in [-0.2, -0.15) is 0 Å². The van der Waals surface area contributed by atoms with E-state index in [1.54, 1.807) is 0 Å². The first-order valence-electron chi connectivity index (χ1n) is 5.49. The minimum atomic E-state index is -1.28. The molecule has 0 saturated heterocycles. The Balaban J connectivity index is 0.00000225. The number of hydrogen-bond donors (Lipinski definition) is 0. The van der Waals surface area contributed by atoms with Crippen LogP contribution in [0.3, 0.4) is 0 Å². The number of benzene rings is 1. The van der Waals surface area contributed by atoms with Gasteiger partial charge in [0.15, 0.2) is 0 Å². The van der Waals surface area contributed by atoms with E-state index in [1.165, 1.54) is 5.69 Å². The number of rotatable bonds is 3. The molecule has 0 bridgehead atoms. The van der Waals surface area contributed by atoms with Crippen LogP contribution in [0.1, 0.15) is 0 Å². The van der Waals surface area contributed by atoms with E-state index in [0.717, 1.165) is 0 Å². The third kappa shape index (κ3) is 4.14. The first kappa shape index (κ1) is 16.1. The van der Waals surface area contributed by atoms with Gasteiger partial charge < -0.3 is 4.23 Å². The summed E-state index contributed by atoms with van der Waals surface area (Å²) in [5.74, 6) is 0. The molecule has 0 aliphatic heterocycles. The van der Waals surface area contributed by atoms with Gasteiger partial charge in [0.05, 0.1) is 0 Å². The Kier molecular flexibility index (Phi) is 5.61. The zero-order valence-corrected chi connectivity index (χ0v) is 12.8. The minimum absolute atomic E-state index is 0. The summed E-state index contributed by atoms with van der Waals surface area (Å²) in [6, 6.07) is 11.5. The summed E-state index contributed by atoms with van der Waals surface area (Å²) in [4.78, 5) is 0. The van der Waals surface area contributed by atoms with Gasteiger partial charge in [0.1, 0.15) is 16.5 Å². The van der Waals surface area contributed by atoms with E-state index in [1.807, 2.05) is 12.1 Å². The summed E-state index contributed by atoms with van der Waals surface area (Å²) in [5, 5.41) is 0. The van der Waals surface area contributed by atoms with Crippen LogP contribution in [0.2, 0.25) is 39.3 Å². The van der Waals surface area contributed by atoms with Crippen LogP contribution in [0, 0.1) is 6.07 Å². The van der Waals surface area contributed by atoms with Crippen LogP contribution < -0.4 is 4.23 Å². The Bertz CT molecular complexity index is 300. The number of nitrogens with zero attached hydrogens (tertiary/aromatic N) is 1. The van der Waals surface area contributed by atoms with Crippen LogP contribution in [-0.2, 0) is 0 Å². The van der Waals surface area contributed by atoms with Crippen LogP contribution >= 0.6 is 0 Å². The number of hydrogen-bond acceptors (Lipinski definition) is 1. The van der Waals surface area contributed by atoms with Gasteiger partial charge in [-0.15, -0.1) is 0 Å². The van der Waals surface area contributed by atoms with Crippen LogP contribution in [0.15, 0.2) is 24.3 Å². The Morgan fingerprint density at radius 2 is 1.25 bits per heavy atom. The predicted molar refractivity (Wildman–Crippen MR) is 81.6 cm³/mol. The van der Waals surface area contributed by atoms with Crippen LogP contribution in [-0.4, -0.2) is 35.3 Å². The predicted octanol–water partition coefficient (Wildman–Crippen LogP) is 3.31. The first-order chi connectivity index (χ1) is 6.73. The number of anilines is 1. The Morgan fingerprint density at radius 1 is 0.875 bits per heavy atom. The van der Waals surface area contributed by atoms with Gasteiger partial charge in [-0.25, -0.2) is 0 Å². The zero-order chi connectivity index (χ0) is 11.7. The quantitative estimate of drug-likeness (QED) is 0.737. The molecule has 0 heterocycles. The molecule has 0 spiro atoms. The summed E-state index contributed by atoms with van der Waals surface area (Å²) >= 11 is 0. The molecule has 0 fully saturated rings. The fourth-order valence-electron chi connectivity index (χ4n) is 2.31. The van der Waals surface area contributed by atoms with E-state index in [0.29, 0.717) is 0 Å². The van der Waals surface area contributed by atoms with Crippen molar-refractivity contribution in [2.75, 3.05) is 4.23 Å². The molecule has 0 aromatic heterocycles. The monoisotopic (exact) mass is 244 g/mol. The maximum absolute atomic E-state index is 3.09. The molecule has 1 aromatic carbocycles. The average molecular weight is 244 g/mol. The van der Waals surface area contributed by atoms with E-state index in [9.17, 15) is 0 Å². The second-order valence-electron chi connectivity index (χ2n) is 5.94. The third-order valence-electron chi connectivity index (χ3n) is 2.30. The molecule has 0 aliphatic carbocycles. The summed E-state index contributed by atoms with van der Waals surface area (Å²) in [7, 11) is -2.56. The molecule has 16 heavy (non-hydrogen) atoms. The van der Waals surface area contributed by atoms with Crippen molar-refractivity contribution in [3.8, 4) is 0 Å². The SMILES string of the molecule is C[Si](C)(C)N(c1cc[c]cc1)[Si](C)(C)C.[LiH]. The molecule has 0 aliphatic rings. The van der Waals surface area contributed by atoms with Gasteiger partial charge in [0, 0.05) is 5.69 Å². The first-order valence-corrected chi connectivity index (χ1v) is 12.4. The van der Waals surface area contributed by atoms with E-state index in [4.69, 9.17) is 0 Å². The molecule has 85 valence electrons. The Labute approximate surface area is 115 Å². The maximum atomic E-state index is 3.09. The Morgan fingerprint density at radius 3 is 1.56 bits per heavy atom. The van der Waals surface area contributed by atoms with Crippen molar-refractivity contribution in [2.24, 2.45) is 0 Å². The van der Waals surface area contributed by atoms with Crippen molar-refractivity contribution in [1.82, 2.24) is 0 Å². The summed E-state index contributed by atoms with van der Waals surface area (Å²) in [6.45, 7) is 14.5. The fourth-order valence-corrected chi connectivity index (χ4v) is 12.2. The molecular formula is C12H23LiNSi2. The van der Waals surface area contributed by atoms with Gasteiger partial charge in [-0.05, 0) is 18.2 Å². The molecule has 4 heteroatoms. The summed E-state index contributed by atoms with van der Waals surface area (Å²) < 4.78 is 2.72. The summed E-state index contributed by atoms with van der Waals surface area (Å²) in [6.07, 6.45) is 0. The van der Waals surface area contributed by atoms with Gasteiger partial charge in [0.25, 0.3) is 0 Å². The molecule has 0 N–H and O–H groups in total. The topological polar surface area (TPSA) is 3.24 Å². The third-order valence-corrected chi connectivity index (χ3v) is 9.53. The van der Waals surface area contributed by atoms with E-state index < -0.39 is 16.5 Å². The van der Waals surface area contributed by atoms with Gasteiger partial charge >= 0.3 is 18.9 Å². The van der Waals surface area contributed by atoms with Crippen LogP contribution in [0.5, 0.6) is 0 Å². The molecule has 0 atom stereocenters. The standard InChI is InChI=1S/C12H22NSi2.Li.H/c1-14(2,3)13(15(4,5)6)12-10-8-7-9-11-12;;/h8-11H,1-6H3;;. The average Bonchev–Trinajstić information content (AvgIpc) is 2.00. The normalized spacial score (nSPS) is 11.9. The molecule has 0 unspecified atom stereocenters. The van der Waals surface area contributed by atoms with Crippen LogP contribution in [0.25, 0.3) is 0 Å². The molecule has 0 amide bonds. The molecule has 1 nitrogen and oxygen atoms in total. The van der Waals surface area contributed by atoms with Crippen molar-refractivity contribution in [3.05, 3.63) is 30.3 Å². The van der Waals surface area contributed by atoms with Crippen molar-refractivity contribution in [3.63, 3.8) is 0 Å². The molecule has 1 radical (unpaired) electrons. The van der Waals surface area contributed by atoms with E-state index >= 15 is 0 Å². The van der Waals surface area contributed by atoms with Crippen LogP contribution in [0.4, 0.5) is 5.69 Å². The molecule has 0 saturated carbocycles. The van der Waals surface area contributed by atoms with Gasteiger partial charge in [-0.3, -0.25) is 0 Å². The van der Waals surface area contributed by atoms with Crippen molar-refractivity contribution in [1.29, 1.82) is 0 Å². The van der Waals surface area contributed by atoms with Gasteiger partial charge in [-0.1, -0.05) is 51.4 Å². The molecule has 1 rings (SSSR count). The van der Waals surface area contributed by atoms with E-state index in [-0.39, 0.29) is 18.9 Å². The fraction of sp³-hybridized carbons (Fsp3) is 0.500. The van der Waals surface area contributed by atoms with Crippen molar-refractivity contribution in [2.45, 2.75) is 39.3 Å². The van der Waals surface area contributed by atoms with E-state index in [2.05, 4.69) is 61.7 Å². The second-order valence-corrected chi connectivity index (χ2v) is 16.0. The van der Waals surface area contributed by atoms with Gasteiger partial charge in [0.2, 0.25) is 0 Å². The molecular weight excluding hydrogens is 221 g/mol. The van der Waals surface area contributed by atoms with Crippen molar-refractivity contribution >= 4 is 41.0 Å². The second kappa shape index (κ2) is 5.59. The Hall–Kier alpha value is 0.0512. The zero-order valence-electron chi connectivity index (χ0n) is 10.8. The summed E-state index contributed by atoms with van der Waals surface area (Å²) in [5.41, 5.74) is 1.38. The van der Waals surface area contributed by atoms with Crippen molar-refractivity contribution < 1.29 is 0 Å². The molecule has 1 aromatic rings.